The van der Waals surface area contributed by atoms with Gasteiger partial charge in [0.1, 0.15) is 0 Å². The first-order valence-corrected chi connectivity index (χ1v) is 9.12. The third-order valence-electron chi connectivity index (χ3n) is 4.03. The molecule has 0 amide bonds. The summed E-state index contributed by atoms with van der Waals surface area (Å²) in [6.07, 6.45) is 0.715. The van der Waals surface area contributed by atoms with Crippen LogP contribution in [0.15, 0.2) is 77.3 Å². The summed E-state index contributed by atoms with van der Waals surface area (Å²) < 4.78 is 1.07. The summed E-state index contributed by atoms with van der Waals surface area (Å²) in [7, 11) is 0. The van der Waals surface area contributed by atoms with E-state index in [4.69, 9.17) is 21.6 Å². The largest absolute Gasteiger partial charge is 0.249 e. The van der Waals surface area contributed by atoms with Crippen LogP contribution in [0.1, 0.15) is 11.3 Å². The highest BCUT2D eigenvalue weighted by molar-refractivity contribution is 9.10. The molecule has 25 heavy (non-hydrogen) atoms. The molecule has 0 aliphatic heterocycles. The first-order chi connectivity index (χ1) is 12.2. The molecule has 122 valence electrons. The van der Waals surface area contributed by atoms with Crippen LogP contribution >= 0.6 is 27.5 Å². The van der Waals surface area contributed by atoms with E-state index in [1.807, 2.05) is 60.7 Å². The molecule has 4 rings (SSSR count). The highest BCUT2D eigenvalue weighted by Crippen LogP contribution is 2.27. The Morgan fingerprint density at radius 1 is 0.800 bits per heavy atom. The zero-order valence-corrected chi connectivity index (χ0v) is 15.6. The fraction of sp³-hybridized carbons (Fsp3) is 0.0476. The number of fused-ring (bicyclic) bond motifs is 1. The summed E-state index contributed by atoms with van der Waals surface area (Å²) >= 11 is 9.67. The molecule has 1 heterocycles. The van der Waals surface area contributed by atoms with Crippen LogP contribution in [0.4, 0.5) is 0 Å². The second kappa shape index (κ2) is 6.95. The predicted molar refractivity (Wildman–Crippen MR) is 107 cm³/mol. The van der Waals surface area contributed by atoms with Gasteiger partial charge in [-0.3, -0.25) is 0 Å². The van der Waals surface area contributed by atoms with Gasteiger partial charge >= 0.3 is 0 Å². The molecular weight excluding hydrogens is 396 g/mol. The molecule has 0 aliphatic rings. The van der Waals surface area contributed by atoms with Gasteiger partial charge in [-0.1, -0.05) is 63.9 Å². The number of hydrogen-bond donors (Lipinski definition) is 0. The Morgan fingerprint density at radius 3 is 2.24 bits per heavy atom. The molecule has 0 bridgehead atoms. The van der Waals surface area contributed by atoms with Crippen molar-refractivity contribution in [2.45, 2.75) is 6.42 Å². The number of aromatic nitrogens is 2. The van der Waals surface area contributed by atoms with Crippen LogP contribution in [-0.4, -0.2) is 9.97 Å². The molecular formula is C21H14BrClN2. The summed E-state index contributed by atoms with van der Waals surface area (Å²) in [5.74, 6) is 0. The summed E-state index contributed by atoms with van der Waals surface area (Å²) in [5, 5.41) is 0.696. The molecule has 0 radical (unpaired) electrons. The minimum absolute atomic E-state index is 0.696. The van der Waals surface area contributed by atoms with Gasteiger partial charge in [0.25, 0.3) is 0 Å². The second-order valence-electron chi connectivity index (χ2n) is 5.82. The first kappa shape index (κ1) is 16.2. The molecule has 0 saturated heterocycles. The highest BCUT2D eigenvalue weighted by Gasteiger charge is 2.12. The van der Waals surface area contributed by atoms with Gasteiger partial charge < -0.3 is 0 Å². The molecule has 3 aromatic carbocycles. The summed E-state index contributed by atoms with van der Waals surface area (Å²) in [6, 6.07) is 24.0. The number of nitrogens with zero attached hydrogens (tertiary/aromatic N) is 2. The number of benzene rings is 3. The lowest BCUT2D eigenvalue weighted by Crippen LogP contribution is -2.00. The number of rotatable bonds is 3. The third kappa shape index (κ3) is 3.58. The van der Waals surface area contributed by atoms with E-state index in [2.05, 4.69) is 28.1 Å². The summed E-state index contributed by atoms with van der Waals surface area (Å²) in [5.41, 5.74) is 5.79. The molecule has 0 aliphatic carbocycles. The van der Waals surface area contributed by atoms with Crippen molar-refractivity contribution < 1.29 is 0 Å². The second-order valence-corrected chi connectivity index (χ2v) is 7.17. The third-order valence-corrected chi connectivity index (χ3v) is 4.79. The van der Waals surface area contributed by atoms with E-state index >= 15 is 0 Å². The Bertz CT molecular complexity index is 1050. The van der Waals surface area contributed by atoms with Crippen molar-refractivity contribution >= 4 is 38.6 Å². The van der Waals surface area contributed by atoms with Gasteiger partial charge in [0.2, 0.25) is 0 Å². The molecule has 4 aromatic rings. The molecule has 0 fully saturated rings. The zero-order valence-electron chi connectivity index (χ0n) is 13.3. The quantitative estimate of drug-likeness (QED) is 0.396. The van der Waals surface area contributed by atoms with Crippen LogP contribution < -0.4 is 0 Å². The van der Waals surface area contributed by atoms with Crippen molar-refractivity contribution in [2.75, 3.05) is 0 Å². The van der Waals surface area contributed by atoms with Crippen molar-refractivity contribution in [3.05, 3.63) is 93.5 Å². The molecule has 0 spiro atoms. The molecule has 0 N–H and O–H groups in total. The lowest BCUT2D eigenvalue weighted by Gasteiger charge is -2.11. The Balaban J connectivity index is 1.87. The molecule has 2 nitrogen and oxygen atoms in total. The Kier molecular flexibility index (Phi) is 4.51. The van der Waals surface area contributed by atoms with Crippen LogP contribution in [0, 0.1) is 0 Å². The van der Waals surface area contributed by atoms with Crippen LogP contribution in [-0.2, 0) is 6.42 Å². The smallest absolute Gasteiger partial charge is 0.0929 e. The monoisotopic (exact) mass is 408 g/mol. The standard InChI is InChI=1S/C21H14BrClN2/c22-16-10-8-14(9-11-16)12-20-21(15-4-3-5-17(23)13-15)25-19-7-2-1-6-18(19)24-20/h1-11,13H,12H2. The average Bonchev–Trinajstić information content (AvgIpc) is 2.63. The highest BCUT2D eigenvalue weighted by atomic mass is 79.9. The molecule has 4 heteroatoms. The van der Waals surface area contributed by atoms with E-state index < -0.39 is 0 Å². The summed E-state index contributed by atoms with van der Waals surface area (Å²) in [6.45, 7) is 0. The van der Waals surface area contributed by atoms with Gasteiger partial charge in [0, 0.05) is 21.5 Å². The molecule has 0 unspecified atom stereocenters. The van der Waals surface area contributed by atoms with Crippen LogP contribution in [0.2, 0.25) is 5.02 Å². The maximum absolute atomic E-state index is 6.19. The molecule has 0 atom stereocenters. The van der Waals surface area contributed by atoms with E-state index in [-0.39, 0.29) is 0 Å². The predicted octanol–water partition coefficient (Wildman–Crippen LogP) is 6.30. The molecule has 1 aromatic heterocycles. The van der Waals surface area contributed by atoms with Crippen LogP contribution in [0.5, 0.6) is 0 Å². The van der Waals surface area contributed by atoms with Crippen molar-refractivity contribution in [1.29, 1.82) is 0 Å². The van der Waals surface area contributed by atoms with E-state index in [0.717, 1.165) is 32.5 Å². The van der Waals surface area contributed by atoms with Gasteiger partial charge in [-0.2, -0.15) is 0 Å². The van der Waals surface area contributed by atoms with E-state index in [9.17, 15) is 0 Å². The first-order valence-electron chi connectivity index (χ1n) is 7.95. The van der Waals surface area contributed by atoms with Crippen LogP contribution in [0.25, 0.3) is 22.3 Å². The minimum atomic E-state index is 0.696. The van der Waals surface area contributed by atoms with Gasteiger partial charge in [-0.25, -0.2) is 9.97 Å². The van der Waals surface area contributed by atoms with Crippen molar-refractivity contribution in [1.82, 2.24) is 9.97 Å². The Hall–Kier alpha value is -2.23. The molecule has 0 saturated carbocycles. The summed E-state index contributed by atoms with van der Waals surface area (Å²) in [4.78, 5) is 9.75. The minimum Gasteiger partial charge on any atom is -0.249 e. The van der Waals surface area contributed by atoms with Gasteiger partial charge in [-0.05, 0) is 42.0 Å². The van der Waals surface area contributed by atoms with E-state index in [0.29, 0.717) is 11.4 Å². The van der Waals surface area contributed by atoms with Crippen molar-refractivity contribution in [3.8, 4) is 11.3 Å². The lowest BCUT2D eigenvalue weighted by molar-refractivity contribution is 1.07. The maximum atomic E-state index is 6.19. The van der Waals surface area contributed by atoms with Crippen LogP contribution in [0.3, 0.4) is 0 Å². The number of halogens is 2. The topological polar surface area (TPSA) is 25.8 Å². The fourth-order valence-corrected chi connectivity index (χ4v) is 3.28. The van der Waals surface area contributed by atoms with Gasteiger partial charge in [0.15, 0.2) is 0 Å². The lowest BCUT2D eigenvalue weighted by atomic mass is 10.0. The average molecular weight is 410 g/mol. The normalized spacial score (nSPS) is 11.0. The van der Waals surface area contributed by atoms with Gasteiger partial charge in [0.05, 0.1) is 22.4 Å². The fourth-order valence-electron chi connectivity index (χ4n) is 2.82. The van der Waals surface area contributed by atoms with E-state index in [1.165, 1.54) is 5.56 Å². The van der Waals surface area contributed by atoms with Crippen molar-refractivity contribution in [3.63, 3.8) is 0 Å². The SMILES string of the molecule is Clc1cccc(-c2nc3ccccc3nc2Cc2ccc(Br)cc2)c1. The van der Waals surface area contributed by atoms with Crippen molar-refractivity contribution in [2.24, 2.45) is 0 Å². The van der Waals surface area contributed by atoms with E-state index in [1.54, 1.807) is 0 Å². The Morgan fingerprint density at radius 2 is 1.52 bits per heavy atom. The Labute approximate surface area is 159 Å². The van der Waals surface area contributed by atoms with Gasteiger partial charge in [-0.15, -0.1) is 0 Å². The number of para-hydroxylation sites is 2. The zero-order chi connectivity index (χ0) is 17.2. The number of hydrogen-bond acceptors (Lipinski definition) is 2. The maximum Gasteiger partial charge on any atom is 0.0929 e.